The van der Waals surface area contributed by atoms with Crippen LogP contribution in [0.3, 0.4) is 0 Å². The number of pyridine rings is 5. The van der Waals surface area contributed by atoms with E-state index in [1.807, 2.05) is 92.4 Å². The molecule has 7 aromatic heterocycles. The molecule has 0 saturated heterocycles. The van der Waals surface area contributed by atoms with E-state index in [4.69, 9.17) is 11.6 Å². The molecule has 0 spiro atoms. The second-order valence-electron chi connectivity index (χ2n) is 17.2. The Balaban J connectivity index is 0.000000379. The van der Waals surface area contributed by atoms with Crippen LogP contribution in [0.2, 0.25) is 5.02 Å². The van der Waals surface area contributed by atoms with Crippen molar-refractivity contribution in [2.75, 3.05) is 0 Å². The van der Waals surface area contributed by atoms with E-state index in [0.29, 0.717) is 41.4 Å². The van der Waals surface area contributed by atoms with Gasteiger partial charge in [-0.15, -0.1) is 0 Å². The van der Waals surface area contributed by atoms with Crippen LogP contribution in [-0.2, 0) is 0 Å². The first kappa shape index (κ1) is 57.2. The number of rotatable bonds is 7. The Morgan fingerprint density at radius 1 is 0.354 bits per heavy atom. The average molecular weight is 899 g/mol. The maximum atomic E-state index is 5.86. The molecule has 0 aliphatic carbocycles. The molecule has 0 aliphatic heterocycles. The number of aryl methyl sites for hydroxylation is 1. The highest BCUT2D eigenvalue weighted by Gasteiger charge is 2.04. The van der Waals surface area contributed by atoms with Gasteiger partial charge in [-0.05, 0) is 114 Å². The topological polar surface area (TPSA) is 116 Å². The average Bonchev–Trinajstić information content (AvgIpc) is 3.32. The van der Waals surface area contributed by atoms with Crippen LogP contribution in [0.25, 0.3) is 0 Å². The van der Waals surface area contributed by atoms with Crippen molar-refractivity contribution in [3.05, 3.63) is 197 Å². The normalized spacial score (nSPS) is 10.2. The molecule has 0 fully saturated rings. The summed E-state index contributed by atoms with van der Waals surface area (Å²) in [5, 5.41) is 0.762. The largest absolute Gasteiger partial charge is 0.265 e. The van der Waals surface area contributed by atoms with Crippen molar-refractivity contribution in [2.24, 2.45) is 0 Å². The molecule has 348 valence electrons. The third-order valence-electron chi connectivity index (χ3n) is 9.12. The van der Waals surface area contributed by atoms with Gasteiger partial charge in [0.2, 0.25) is 0 Å². The summed E-state index contributed by atoms with van der Waals surface area (Å²) >= 11 is 5.86. The summed E-state index contributed by atoms with van der Waals surface area (Å²) < 4.78 is 0. The van der Waals surface area contributed by atoms with Crippen molar-refractivity contribution in [2.45, 2.75) is 145 Å². The summed E-state index contributed by atoms with van der Waals surface area (Å²) in [7, 11) is 0. The maximum absolute atomic E-state index is 5.86. The van der Waals surface area contributed by atoms with E-state index in [0.717, 1.165) is 33.6 Å². The molecular weight excluding hydrogens is 822 g/mol. The fourth-order valence-corrected chi connectivity index (χ4v) is 5.45. The van der Waals surface area contributed by atoms with Crippen LogP contribution < -0.4 is 0 Å². The minimum atomic E-state index is 0.411. The van der Waals surface area contributed by atoms with Gasteiger partial charge >= 0.3 is 0 Å². The zero-order valence-corrected chi connectivity index (χ0v) is 42.6. The molecule has 0 atom stereocenters. The van der Waals surface area contributed by atoms with E-state index in [1.54, 1.807) is 43.4 Å². The molecule has 65 heavy (non-hydrogen) atoms. The summed E-state index contributed by atoms with van der Waals surface area (Å²) in [5.74, 6) is 4.55. The molecule has 10 heteroatoms. The lowest BCUT2D eigenvalue weighted by atomic mass is 10.1. The lowest BCUT2D eigenvalue weighted by molar-refractivity contribution is 0.774. The van der Waals surface area contributed by atoms with Gasteiger partial charge in [0, 0.05) is 91.2 Å². The molecule has 0 radical (unpaired) electrons. The van der Waals surface area contributed by atoms with Gasteiger partial charge in [-0.1, -0.05) is 127 Å². The second-order valence-corrected chi connectivity index (χ2v) is 17.6. The SMILES string of the molecule is CC(C)c1ccccn1.CC(C)c1cccnc1.CC(C)c1ccncc1.CC(C)c1cnccn1.CC(C)c1ncccc1Cl.CC(C)c1ncccn1.Cc1cccc(C(C)C)n1. The highest BCUT2D eigenvalue weighted by atomic mass is 35.5. The Labute approximate surface area is 397 Å². The fourth-order valence-electron chi connectivity index (χ4n) is 5.11. The molecule has 0 saturated carbocycles. The van der Waals surface area contributed by atoms with Gasteiger partial charge in [-0.25, -0.2) is 9.97 Å². The number of halogens is 1. The van der Waals surface area contributed by atoms with E-state index in [2.05, 4.69) is 160 Å². The van der Waals surface area contributed by atoms with Crippen molar-refractivity contribution in [1.82, 2.24) is 44.9 Å². The van der Waals surface area contributed by atoms with Crippen LogP contribution in [0.1, 0.15) is 184 Å². The van der Waals surface area contributed by atoms with Crippen molar-refractivity contribution < 1.29 is 0 Å². The maximum Gasteiger partial charge on any atom is 0.130 e. The fraction of sp³-hybridized carbons (Fsp3) is 0.400. The summed E-state index contributed by atoms with van der Waals surface area (Å²) in [5.41, 5.74) is 8.13. The molecule has 7 aromatic rings. The quantitative estimate of drug-likeness (QED) is 0.154. The standard InChI is InChI=1S/C9H13N.C8H10ClN.3C8H11N.2C7H10N2/c1-7(2)9-6-4-5-8(3)10-9;1-6(2)8-7(9)4-3-5-10-8;1-7(2)8-3-5-9-6-4-8;1-7(2)8-4-3-5-9-6-8;1-7(2)8-5-3-4-6-9-8;1-6(2)7-5-8-3-4-9-7;1-6(2)7-8-4-3-5-9-7/h4-7H,1-3H3;3-6H,1-2H3;3*3-7H,1-2H3;2*3-6H,1-2H3. The summed E-state index contributed by atoms with van der Waals surface area (Å²) in [6.07, 6.45) is 19.7. The molecule has 9 nitrogen and oxygen atoms in total. The minimum Gasteiger partial charge on any atom is -0.265 e. The van der Waals surface area contributed by atoms with E-state index in [9.17, 15) is 0 Å². The third kappa shape index (κ3) is 26.6. The van der Waals surface area contributed by atoms with Crippen LogP contribution in [0.15, 0.2) is 147 Å². The zero-order valence-electron chi connectivity index (χ0n) is 41.8. The molecule has 7 rings (SSSR count). The number of nitrogens with zero attached hydrogens (tertiary/aromatic N) is 9. The molecule has 0 amide bonds. The van der Waals surface area contributed by atoms with Crippen LogP contribution in [0.4, 0.5) is 0 Å². The van der Waals surface area contributed by atoms with E-state index in [-0.39, 0.29) is 0 Å². The smallest absolute Gasteiger partial charge is 0.130 e. The predicted molar refractivity (Wildman–Crippen MR) is 274 cm³/mol. The lowest BCUT2D eigenvalue weighted by Gasteiger charge is -2.04. The monoisotopic (exact) mass is 898 g/mol. The Kier molecular flexibility index (Phi) is 29.6. The highest BCUT2D eigenvalue weighted by Crippen LogP contribution is 2.20. The van der Waals surface area contributed by atoms with Crippen molar-refractivity contribution in [3.63, 3.8) is 0 Å². The second kappa shape index (κ2) is 33.7. The van der Waals surface area contributed by atoms with Crippen molar-refractivity contribution >= 4 is 11.6 Å². The Hall–Kier alpha value is -5.80. The van der Waals surface area contributed by atoms with Crippen molar-refractivity contribution in [1.29, 1.82) is 0 Å². The molecule has 7 heterocycles. The predicted octanol–water partition coefficient (Wildman–Crippen LogP) is 15.2. The number of hydrogen-bond acceptors (Lipinski definition) is 9. The highest BCUT2D eigenvalue weighted by molar-refractivity contribution is 6.31. The van der Waals surface area contributed by atoms with Crippen LogP contribution in [-0.4, -0.2) is 44.9 Å². The first-order valence-electron chi connectivity index (χ1n) is 22.7. The first-order valence-corrected chi connectivity index (χ1v) is 23.1. The minimum absolute atomic E-state index is 0.411. The van der Waals surface area contributed by atoms with Gasteiger partial charge in [-0.3, -0.25) is 34.9 Å². The van der Waals surface area contributed by atoms with Gasteiger partial charge in [0.15, 0.2) is 0 Å². The van der Waals surface area contributed by atoms with Crippen LogP contribution in [0.5, 0.6) is 0 Å². The lowest BCUT2D eigenvalue weighted by Crippen LogP contribution is -1.93. The number of aromatic nitrogens is 9. The van der Waals surface area contributed by atoms with Crippen LogP contribution in [0, 0.1) is 6.92 Å². The molecular formula is C55H76ClN9. The summed E-state index contributed by atoms with van der Waals surface area (Å²) in [6.45, 7) is 31.8. The van der Waals surface area contributed by atoms with Gasteiger partial charge < -0.3 is 0 Å². The van der Waals surface area contributed by atoms with E-state index >= 15 is 0 Å². The molecule has 0 aromatic carbocycles. The number of hydrogen-bond donors (Lipinski definition) is 0. The Bertz CT molecular complexity index is 1920. The Morgan fingerprint density at radius 2 is 0.908 bits per heavy atom. The van der Waals surface area contributed by atoms with Crippen LogP contribution >= 0.6 is 11.6 Å². The van der Waals surface area contributed by atoms with Gasteiger partial charge in [0.1, 0.15) is 5.82 Å². The van der Waals surface area contributed by atoms with E-state index < -0.39 is 0 Å². The van der Waals surface area contributed by atoms with Gasteiger partial charge in [0.05, 0.1) is 16.4 Å². The van der Waals surface area contributed by atoms with Crippen molar-refractivity contribution in [3.8, 4) is 0 Å². The molecule has 0 bridgehead atoms. The first-order chi connectivity index (χ1) is 30.9. The molecule has 0 aliphatic rings. The zero-order chi connectivity index (χ0) is 48.6. The van der Waals surface area contributed by atoms with Gasteiger partial charge in [0.25, 0.3) is 0 Å². The summed E-state index contributed by atoms with van der Waals surface area (Å²) in [4.78, 5) is 36.8. The van der Waals surface area contributed by atoms with E-state index in [1.165, 1.54) is 16.8 Å². The van der Waals surface area contributed by atoms with Gasteiger partial charge in [-0.2, -0.15) is 0 Å². The Morgan fingerprint density at radius 3 is 1.26 bits per heavy atom. The molecule has 0 unspecified atom stereocenters. The summed E-state index contributed by atoms with van der Waals surface area (Å²) in [6, 6.07) is 25.8. The third-order valence-corrected chi connectivity index (χ3v) is 9.43. The molecule has 0 N–H and O–H groups in total.